The van der Waals surface area contributed by atoms with Crippen molar-refractivity contribution < 1.29 is 33.5 Å². The molecule has 1 N–H and O–H groups in total. The number of ether oxygens (including phenoxy) is 6. The van der Waals surface area contributed by atoms with Crippen molar-refractivity contribution in [2.24, 2.45) is 0 Å². The molecule has 1 saturated heterocycles. The number of methoxy groups -OCH3 is 4. The van der Waals surface area contributed by atoms with Gasteiger partial charge in [0.25, 0.3) is 0 Å². The summed E-state index contributed by atoms with van der Waals surface area (Å²) in [5, 5.41) is 9.61. The smallest absolute Gasteiger partial charge is 0.229 e. The molecule has 1 fully saturated rings. The standard InChI is InChI=1S/C17H26O7/c1-19-10-11-7-5-6-8-12(11)23-17-16(22-4)15(21-3)14(20-2)13(9-18)24-17/h5-8,13-18H,9-10H2,1-4H3/t13-,14+,15+,16+,17+/m0/s1. The van der Waals surface area contributed by atoms with E-state index in [-0.39, 0.29) is 6.61 Å². The molecule has 5 atom stereocenters. The van der Waals surface area contributed by atoms with E-state index in [1.165, 1.54) is 0 Å². The summed E-state index contributed by atoms with van der Waals surface area (Å²) in [6, 6.07) is 7.53. The summed E-state index contributed by atoms with van der Waals surface area (Å²) in [5.41, 5.74) is 0.891. The van der Waals surface area contributed by atoms with Crippen LogP contribution >= 0.6 is 0 Å². The van der Waals surface area contributed by atoms with E-state index in [1.54, 1.807) is 28.4 Å². The molecule has 1 heterocycles. The molecule has 0 saturated carbocycles. The van der Waals surface area contributed by atoms with Gasteiger partial charge >= 0.3 is 0 Å². The fraction of sp³-hybridized carbons (Fsp3) is 0.647. The van der Waals surface area contributed by atoms with Crippen LogP contribution in [0.2, 0.25) is 0 Å². The predicted octanol–water partition coefficient (Wildman–Crippen LogP) is 0.974. The lowest BCUT2D eigenvalue weighted by atomic mass is 9.98. The molecule has 0 aliphatic carbocycles. The number of aliphatic hydroxyl groups excluding tert-OH is 1. The highest BCUT2D eigenvalue weighted by Gasteiger charge is 2.48. The van der Waals surface area contributed by atoms with E-state index in [2.05, 4.69) is 0 Å². The molecular weight excluding hydrogens is 316 g/mol. The maximum absolute atomic E-state index is 9.61. The Labute approximate surface area is 142 Å². The Morgan fingerprint density at radius 1 is 0.958 bits per heavy atom. The van der Waals surface area contributed by atoms with E-state index >= 15 is 0 Å². The summed E-state index contributed by atoms with van der Waals surface area (Å²) in [6.45, 7) is 0.201. The Balaban J connectivity index is 2.24. The largest absolute Gasteiger partial charge is 0.462 e. The van der Waals surface area contributed by atoms with Crippen molar-refractivity contribution in [2.75, 3.05) is 35.0 Å². The number of para-hydroxylation sites is 1. The van der Waals surface area contributed by atoms with Gasteiger partial charge < -0.3 is 33.5 Å². The maximum atomic E-state index is 9.61. The number of hydrogen-bond acceptors (Lipinski definition) is 7. The second kappa shape index (κ2) is 9.31. The Bertz CT molecular complexity index is 496. The van der Waals surface area contributed by atoms with Gasteiger partial charge in [0, 0.05) is 34.0 Å². The molecule has 0 aromatic heterocycles. The lowest BCUT2D eigenvalue weighted by Gasteiger charge is -2.44. The van der Waals surface area contributed by atoms with Crippen molar-refractivity contribution >= 4 is 0 Å². The molecule has 1 aliphatic heterocycles. The first-order chi connectivity index (χ1) is 11.7. The summed E-state index contributed by atoms with van der Waals surface area (Å²) in [5.74, 6) is 0.633. The Morgan fingerprint density at radius 3 is 2.21 bits per heavy atom. The van der Waals surface area contributed by atoms with Crippen LogP contribution in [0.4, 0.5) is 0 Å². The average molecular weight is 342 g/mol. The zero-order valence-electron chi connectivity index (χ0n) is 14.5. The molecule has 7 nitrogen and oxygen atoms in total. The van der Waals surface area contributed by atoms with E-state index < -0.39 is 30.7 Å². The first-order valence-electron chi connectivity index (χ1n) is 7.78. The predicted molar refractivity (Wildman–Crippen MR) is 85.9 cm³/mol. The Hall–Kier alpha value is -1.22. The second-order valence-electron chi connectivity index (χ2n) is 5.49. The Morgan fingerprint density at radius 2 is 1.62 bits per heavy atom. The van der Waals surface area contributed by atoms with Gasteiger partial charge in [-0.05, 0) is 6.07 Å². The minimum Gasteiger partial charge on any atom is -0.462 e. The summed E-state index contributed by atoms with van der Waals surface area (Å²) in [6.07, 6.45) is -2.74. The van der Waals surface area contributed by atoms with Crippen LogP contribution in [0.3, 0.4) is 0 Å². The van der Waals surface area contributed by atoms with Gasteiger partial charge in [-0.25, -0.2) is 0 Å². The molecule has 1 aromatic carbocycles. The van der Waals surface area contributed by atoms with Crippen LogP contribution in [0.5, 0.6) is 5.75 Å². The molecule has 7 heteroatoms. The van der Waals surface area contributed by atoms with Crippen LogP contribution in [0.1, 0.15) is 5.56 Å². The van der Waals surface area contributed by atoms with Crippen molar-refractivity contribution in [2.45, 2.75) is 37.3 Å². The highest BCUT2D eigenvalue weighted by molar-refractivity contribution is 5.33. The molecule has 1 aliphatic rings. The normalized spacial score (nSPS) is 30.3. The van der Waals surface area contributed by atoms with E-state index in [1.807, 2.05) is 24.3 Å². The van der Waals surface area contributed by atoms with Gasteiger partial charge in [0.2, 0.25) is 6.29 Å². The number of benzene rings is 1. The summed E-state index contributed by atoms with van der Waals surface area (Å²) < 4.78 is 33.6. The summed E-state index contributed by atoms with van der Waals surface area (Å²) in [4.78, 5) is 0. The van der Waals surface area contributed by atoms with Gasteiger partial charge in [-0.1, -0.05) is 18.2 Å². The van der Waals surface area contributed by atoms with E-state index in [0.717, 1.165) is 5.56 Å². The van der Waals surface area contributed by atoms with Crippen molar-refractivity contribution in [3.05, 3.63) is 29.8 Å². The lowest BCUT2D eigenvalue weighted by molar-refractivity contribution is -0.291. The van der Waals surface area contributed by atoms with Gasteiger partial charge in [0.15, 0.2) is 0 Å². The SMILES string of the molecule is COCc1ccccc1O[C@@H]1O[C@@H](CO)[C@@H](OC)[C@@H](OC)[C@H]1OC. The van der Waals surface area contributed by atoms with Gasteiger partial charge in [0.05, 0.1) is 13.2 Å². The molecule has 0 unspecified atom stereocenters. The molecule has 24 heavy (non-hydrogen) atoms. The van der Waals surface area contributed by atoms with Crippen molar-refractivity contribution in [3.63, 3.8) is 0 Å². The monoisotopic (exact) mass is 342 g/mol. The van der Waals surface area contributed by atoms with E-state index in [9.17, 15) is 5.11 Å². The minimum absolute atomic E-state index is 0.214. The highest BCUT2D eigenvalue weighted by Crippen LogP contribution is 2.30. The van der Waals surface area contributed by atoms with Gasteiger partial charge in [-0.3, -0.25) is 0 Å². The van der Waals surface area contributed by atoms with Crippen LogP contribution in [0, 0.1) is 0 Å². The summed E-state index contributed by atoms with van der Waals surface area (Å²) >= 11 is 0. The van der Waals surface area contributed by atoms with E-state index in [4.69, 9.17) is 28.4 Å². The van der Waals surface area contributed by atoms with Crippen LogP contribution in [-0.2, 0) is 30.3 Å². The van der Waals surface area contributed by atoms with Crippen LogP contribution in [0.25, 0.3) is 0 Å². The molecule has 0 radical (unpaired) electrons. The third-order valence-corrected chi connectivity index (χ3v) is 4.10. The fourth-order valence-electron chi connectivity index (χ4n) is 2.94. The topological polar surface area (TPSA) is 75.6 Å². The van der Waals surface area contributed by atoms with E-state index in [0.29, 0.717) is 12.4 Å². The number of aliphatic hydroxyl groups is 1. The van der Waals surface area contributed by atoms with Crippen LogP contribution in [0.15, 0.2) is 24.3 Å². The maximum Gasteiger partial charge on any atom is 0.229 e. The third kappa shape index (κ3) is 4.05. The molecule has 0 bridgehead atoms. The molecule has 0 amide bonds. The lowest BCUT2D eigenvalue weighted by Crippen LogP contribution is -2.61. The quantitative estimate of drug-likeness (QED) is 0.754. The van der Waals surface area contributed by atoms with Crippen molar-refractivity contribution in [3.8, 4) is 5.75 Å². The Kier molecular flexibility index (Phi) is 7.41. The van der Waals surface area contributed by atoms with Gasteiger partial charge in [0.1, 0.15) is 30.2 Å². The number of hydrogen-bond donors (Lipinski definition) is 1. The minimum atomic E-state index is -0.749. The second-order valence-corrected chi connectivity index (χ2v) is 5.49. The molecule has 1 aromatic rings. The fourth-order valence-corrected chi connectivity index (χ4v) is 2.94. The first-order valence-corrected chi connectivity index (χ1v) is 7.78. The third-order valence-electron chi connectivity index (χ3n) is 4.10. The summed E-state index contributed by atoms with van der Waals surface area (Å²) in [7, 11) is 6.30. The van der Waals surface area contributed by atoms with Crippen LogP contribution < -0.4 is 4.74 Å². The van der Waals surface area contributed by atoms with Gasteiger partial charge in [-0.2, -0.15) is 0 Å². The molecule has 136 valence electrons. The average Bonchev–Trinajstić information content (AvgIpc) is 2.62. The van der Waals surface area contributed by atoms with Crippen molar-refractivity contribution in [1.29, 1.82) is 0 Å². The number of rotatable bonds is 8. The zero-order chi connectivity index (χ0) is 17.5. The molecule has 0 spiro atoms. The molecular formula is C17H26O7. The zero-order valence-corrected chi connectivity index (χ0v) is 14.5. The highest BCUT2D eigenvalue weighted by atomic mass is 16.7. The van der Waals surface area contributed by atoms with Crippen molar-refractivity contribution in [1.82, 2.24) is 0 Å². The van der Waals surface area contributed by atoms with Gasteiger partial charge in [-0.15, -0.1) is 0 Å². The van der Waals surface area contributed by atoms with Crippen LogP contribution in [-0.4, -0.2) is 70.9 Å². The molecule has 2 rings (SSSR count). The first kappa shape index (κ1) is 19.1.